The number of hydrogen-bond donors (Lipinski definition) is 0. The van der Waals surface area contributed by atoms with Crippen LogP contribution >= 0.6 is 0 Å². The maximum Gasteiger partial charge on any atom is 0.305 e. The summed E-state index contributed by atoms with van der Waals surface area (Å²) in [7, 11) is 0. The number of carbonyl (C=O) groups excluding carboxylic acids is 2. The van der Waals surface area contributed by atoms with Gasteiger partial charge in [-0.1, -0.05) is 36.9 Å². The summed E-state index contributed by atoms with van der Waals surface area (Å²) in [6.45, 7) is 6.70. The molecule has 1 aromatic carbocycles. The van der Waals surface area contributed by atoms with Crippen molar-refractivity contribution in [2.45, 2.75) is 25.7 Å². The van der Waals surface area contributed by atoms with Crippen LogP contribution in [-0.4, -0.2) is 19.4 Å². The van der Waals surface area contributed by atoms with E-state index in [9.17, 15) is 4.79 Å². The largest absolute Gasteiger partial charge is 0.466 e. The first-order valence-electron chi connectivity index (χ1n) is 6.43. The lowest BCUT2D eigenvalue weighted by atomic mass is 9.90. The molecule has 1 aliphatic heterocycles. The highest BCUT2D eigenvalue weighted by molar-refractivity contribution is 5.69. The molecule has 0 saturated carbocycles. The molecule has 19 heavy (non-hydrogen) atoms. The molecule has 1 unspecified atom stereocenters. The van der Waals surface area contributed by atoms with Crippen molar-refractivity contribution < 1.29 is 14.3 Å². The van der Waals surface area contributed by atoms with Gasteiger partial charge in [0.15, 0.2) is 0 Å². The van der Waals surface area contributed by atoms with E-state index in [2.05, 4.69) is 18.7 Å². The van der Waals surface area contributed by atoms with Gasteiger partial charge in [0.25, 0.3) is 0 Å². The fourth-order valence-corrected chi connectivity index (χ4v) is 2.22. The second-order valence-corrected chi connectivity index (χ2v) is 4.59. The Morgan fingerprint density at radius 3 is 2.58 bits per heavy atom. The van der Waals surface area contributed by atoms with E-state index >= 15 is 0 Å². The van der Waals surface area contributed by atoms with Crippen molar-refractivity contribution in [3.63, 3.8) is 0 Å². The summed E-state index contributed by atoms with van der Waals surface area (Å²) in [5, 5.41) is 0. The van der Waals surface area contributed by atoms with Crippen LogP contribution in [0.4, 0.5) is 0 Å². The average Bonchev–Trinajstić information content (AvgIpc) is 2.67. The normalized spacial score (nSPS) is 18.5. The van der Waals surface area contributed by atoms with E-state index in [0.29, 0.717) is 18.9 Å². The van der Waals surface area contributed by atoms with Gasteiger partial charge in [0.05, 0.1) is 6.61 Å². The van der Waals surface area contributed by atoms with Crippen molar-refractivity contribution in [3.8, 4) is 0 Å². The highest BCUT2D eigenvalue weighted by Crippen LogP contribution is 2.27. The zero-order valence-corrected chi connectivity index (χ0v) is 11.1. The van der Waals surface area contributed by atoms with E-state index in [1.54, 1.807) is 0 Å². The minimum atomic E-state index is -0.0576. The topological polar surface area (TPSA) is 43.4 Å². The number of carbonyl (C=O) groups is 2. The maximum atomic E-state index is 11.1. The van der Waals surface area contributed by atoms with Crippen molar-refractivity contribution in [2.24, 2.45) is 5.92 Å². The predicted octanol–water partition coefficient (Wildman–Crippen LogP) is 3.25. The van der Waals surface area contributed by atoms with Crippen LogP contribution in [0.5, 0.6) is 0 Å². The summed E-state index contributed by atoms with van der Waals surface area (Å²) in [4.78, 5) is 19.1. The van der Waals surface area contributed by atoms with Crippen molar-refractivity contribution in [1.82, 2.24) is 0 Å². The van der Waals surface area contributed by atoms with Crippen LogP contribution < -0.4 is 0 Å². The molecule has 1 aromatic rings. The number of benzene rings is 1. The zero-order valence-electron chi connectivity index (χ0n) is 11.1. The lowest BCUT2D eigenvalue weighted by Crippen LogP contribution is -2.02. The zero-order chi connectivity index (χ0) is 14.1. The first kappa shape index (κ1) is 15.2. The standard InChI is InChI=1S/C15H18O2.CH2O/c1-12(14-5-3-2-4-6-14)11-13-7-8-15(16)17-10-9-13;1-2/h2-6,13H,1,7-11H2;1H2. The third-order valence-electron chi connectivity index (χ3n) is 3.26. The number of ether oxygens (including phenoxy) is 1. The lowest BCUT2D eigenvalue weighted by molar-refractivity contribution is -0.142. The van der Waals surface area contributed by atoms with E-state index in [1.807, 2.05) is 25.0 Å². The SMILES string of the molecule is C=C(CC1CCOC(=O)CC1)c1ccccc1.C=O. The summed E-state index contributed by atoms with van der Waals surface area (Å²) in [6, 6.07) is 10.2. The third-order valence-corrected chi connectivity index (χ3v) is 3.26. The molecular formula is C16H20O3. The van der Waals surface area contributed by atoms with Crippen molar-refractivity contribution in [1.29, 1.82) is 0 Å². The van der Waals surface area contributed by atoms with Crippen LogP contribution in [0, 0.1) is 5.92 Å². The van der Waals surface area contributed by atoms with Crippen LogP contribution in [0.15, 0.2) is 36.9 Å². The van der Waals surface area contributed by atoms with Gasteiger partial charge in [0, 0.05) is 6.42 Å². The first-order chi connectivity index (χ1) is 9.25. The van der Waals surface area contributed by atoms with Gasteiger partial charge in [-0.2, -0.15) is 0 Å². The van der Waals surface area contributed by atoms with Crippen LogP contribution in [0.25, 0.3) is 5.57 Å². The van der Waals surface area contributed by atoms with Gasteiger partial charge in [-0.25, -0.2) is 0 Å². The second kappa shape index (κ2) is 8.25. The van der Waals surface area contributed by atoms with Gasteiger partial charge in [-0.05, 0) is 36.3 Å². The molecule has 102 valence electrons. The molecule has 0 aliphatic carbocycles. The van der Waals surface area contributed by atoms with E-state index < -0.39 is 0 Å². The number of rotatable bonds is 3. The summed E-state index contributed by atoms with van der Waals surface area (Å²) in [5.41, 5.74) is 2.36. The highest BCUT2D eigenvalue weighted by Gasteiger charge is 2.18. The fraction of sp³-hybridized carbons (Fsp3) is 0.375. The van der Waals surface area contributed by atoms with Crippen LogP contribution in [0.2, 0.25) is 0 Å². The van der Waals surface area contributed by atoms with Crippen LogP contribution in [0.3, 0.4) is 0 Å². The Hall–Kier alpha value is -1.90. The number of esters is 1. The Labute approximate surface area is 114 Å². The molecule has 0 N–H and O–H groups in total. The lowest BCUT2D eigenvalue weighted by Gasteiger charge is -2.14. The maximum absolute atomic E-state index is 11.1. The van der Waals surface area contributed by atoms with E-state index in [4.69, 9.17) is 9.53 Å². The van der Waals surface area contributed by atoms with E-state index in [0.717, 1.165) is 24.8 Å². The monoisotopic (exact) mass is 260 g/mol. The molecule has 1 saturated heterocycles. The average molecular weight is 260 g/mol. The third kappa shape index (κ3) is 5.08. The smallest absolute Gasteiger partial charge is 0.305 e. The van der Waals surface area contributed by atoms with Gasteiger partial charge in [-0.3, -0.25) is 4.79 Å². The summed E-state index contributed by atoms with van der Waals surface area (Å²) >= 11 is 0. The molecule has 0 amide bonds. The molecular weight excluding hydrogens is 240 g/mol. The number of hydrogen-bond acceptors (Lipinski definition) is 3. The molecule has 1 fully saturated rings. The molecule has 0 aromatic heterocycles. The molecule has 2 rings (SSSR count). The molecule has 0 spiro atoms. The number of cyclic esters (lactones) is 1. The highest BCUT2D eigenvalue weighted by atomic mass is 16.5. The van der Waals surface area contributed by atoms with Crippen LogP contribution in [0.1, 0.15) is 31.2 Å². The molecule has 1 aliphatic rings. The predicted molar refractivity (Wildman–Crippen MR) is 75.5 cm³/mol. The first-order valence-corrected chi connectivity index (χ1v) is 6.43. The van der Waals surface area contributed by atoms with Gasteiger partial charge in [0.1, 0.15) is 6.79 Å². The minimum Gasteiger partial charge on any atom is -0.466 e. The van der Waals surface area contributed by atoms with Crippen molar-refractivity contribution >= 4 is 18.3 Å². The van der Waals surface area contributed by atoms with Crippen molar-refractivity contribution in [3.05, 3.63) is 42.5 Å². The van der Waals surface area contributed by atoms with E-state index in [-0.39, 0.29) is 5.97 Å². The number of allylic oxidation sites excluding steroid dienone is 1. The van der Waals surface area contributed by atoms with Gasteiger partial charge in [-0.15, -0.1) is 0 Å². The van der Waals surface area contributed by atoms with Gasteiger partial charge < -0.3 is 9.53 Å². The Kier molecular flexibility index (Phi) is 6.58. The summed E-state index contributed by atoms with van der Waals surface area (Å²) in [6.07, 6.45) is 3.38. The van der Waals surface area contributed by atoms with Gasteiger partial charge >= 0.3 is 5.97 Å². The fourth-order valence-electron chi connectivity index (χ4n) is 2.22. The molecule has 0 bridgehead atoms. The Morgan fingerprint density at radius 1 is 1.21 bits per heavy atom. The molecule has 0 radical (unpaired) electrons. The molecule has 1 atom stereocenters. The Bertz CT molecular complexity index is 411. The quantitative estimate of drug-likeness (QED) is 0.783. The van der Waals surface area contributed by atoms with Crippen molar-refractivity contribution in [2.75, 3.05) is 6.61 Å². The Morgan fingerprint density at radius 2 is 1.89 bits per heavy atom. The van der Waals surface area contributed by atoms with E-state index in [1.165, 1.54) is 5.56 Å². The molecule has 1 heterocycles. The summed E-state index contributed by atoms with van der Waals surface area (Å²) < 4.78 is 5.05. The van der Waals surface area contributed by atoms with Gasteiger partial charge in [0.2, 0.25) is 0 Å². The Balaban J connectivity index is 0.000000861. The minimum absolute atomic E-state index is 0.0576. The molecule has 3 heteroatoms. The van der Waals surface area contributed by atoms with Crippen LogP contribution in [-0.2, 0) is 14.3 Å². The summed E-state index contributed by atoms with van der Waals surface area (Å²) in [5.74, 6) is 0.465. The second-order valence-electron chi connectivity index (χ2n) is 4.59. The molecule has 3 nitrogen and oxygen atoms in total.